The number of carboxylic acid groups (broad SMARTS) is 1. The van der Waals surface area contributed by atoms with Crippen LogP contribution in [0.2, 0.25) is 0 Å². The molecule has 2 aromatic carbocycles. The summed E-state index contributed by atoms with van der Waals surface area (Å²) in [6, 6.07) is 15.3. The number of hydrogen-bond acceptors (Lipinski definition) is 3. The Bertz CT molecular complexity index is 685. The van der Waals surface area contributed by atoms with Crippen LogP contribution in [0.1, 0.15) is 50.5 Å². The van der Waals surface area contributed by atoms with Gasteiger partial charge in [0.05, 0.1) is 0 Å². The fourth-order valence-corrected chi connectivity index (χ4v) is 3.22. The fourth-order valence-electron chi connectivity index (χ4n) is 3.22. The first-order valence-corrected chi connectivity index (χ1v) is 8.89. The molecule has 0 aromatic heterocycles. The molecule has 0 radical (unpaired) electrons. The summed E-state index contributed by atoms with van der Waals surface area (Å²) in [5.41, 5.74) is 1.40. The molecule has 0 spiro atoms. The van der Waals surface area contributed by atoms with Gasteiger partial charge < -0.3 is 14.6 Å². The summed E-state index contributed by atoms with van der Waals surface area (Å²) in [5.74, 6) is 1.71. The zero-order chi connectivity index (χ0) is 17.6. The SMILES string of the molecule is CC(Oc1ccc(Oc2ccc(C3CCCCC3)cc2)cc1)C(=O)O. The zero-order valence-corrected chi connectivity index (χ0v) is 14.5. The smallest absolute Gasteiger partial charge is 0.344 e. The largest absolute Gasteiger partial charge is 0.479 e. The normalized spacial score (nSPS) is 16.2. The third-order valence-corrected chi connectivity index (χ3v) is 4.68. The van der Waals surface area contributed by atoms with Gasteiger partial charge in [-0.05, 0) is 67.6 Å². The third kappa shape index (κ3) is 4.75. The molecular weight excluding hydrogens is 316 g/mol. The number of benzene rings is 2. The Balaban J connectivity index is 1.59. The summed E-state index contributed by atoms with van der Waals surface area (Å²) in [4.78, 5) is 10.8. The summed E-state index contributed by atoms with van der Waals surface area (Å²) in [7, 11) is 0. The van der Waals surface area contributed by atoms with Crippen LogP contribution in [0.3, 0.4) is 0 Å². The minimum Gasteiger partial charge on any atom is -0.479 e. The first kappa shape index (κ1) is 17.3. The molecule has 1 atom stereocenters. The van der Waals surface area contributed by atoms with Gasteiger partial charge in [0, 0.05) is 0 Å². The predicted octanol–water partition coefficient (Wildman–Crippen LogP) is 5.38. The zero-order valence-electron chi connectivity index (χ0n) is 14.5. The molecule has 132 valence electrons. The summed E-state index contributed by atoms with van der Waals surface area (Å²) < 4.78 is 11.2. The third-order valence-electron chi connectivity index (χ3n) is 4.68. The van der Waals surface area contributed by atoms with Crippen molar-refractivity contribution in [3.8, 4) is 17.2 Å². The van der Waals surface area contributed by atoms with Crippen LogP contribution in [0, 0.1) is 0 Å². The van der Waals surface area contributed by atoms with E-state index in [2.05, 4.69) is 12.1 Å². The molecular formula is C21H24O4. The van der Waals surface area contributed by atoms with E-state index in [4.69, 9.17) is 14.6 Å². The number of hydrogen-bond donors (Lipinski definition) is 1. The lowest BCUT2D eigenvalue weighted by atomic mass is 9.84. The second-order valence-corrected chi connectivity index (χ2v) is 6.58. The van der Waals surface area contributed by atoms with E-state index in [1.807, 2.05) is 12.1 Å². The average molecular weight is 340 g/mol. The van der Waals surface area contributed by atoms with Crippen LogP contribution in [0.15, 0.2) is 48.5 Å². The van der Waals surface area contributed by atoms with Crippen molar-refractivity contribution >= 4 is 5.97 Å². The van der Waals surface area contributed by atoms with Crippen LogP contribution < -0.4 is 9.47 Å². The molecule has 2 aromatic rings. The van der Waals surface area contributed by atoms with Crippen molar-refractivity contribution in [2.75, 3.05) is 0 Å². The Labute approximate surface area is 148 Å². The molecule has 1 aliphatic carbocycles. The molecule has 4 heteroatoms. The minimum atomic E-state index is -0.988. The second kappa shape index (κ2) is 8.06. The Morgan fingerprint density at radius 1 is 0.920 bits per heavy atom. The van der Waals surface area contributed by atoms with E-state index in [-0.39, 0.29) is 0 Å². The second-order valence-electron chi connectivity index (χ2n) is 6.58. The number of carboxylic acids is 1. The summed E-state index contributed by atoms with van der Waals surface area (Å²) >= 11 is 0. The van der Waals surface area contributed by atoms with Gasteiger partial charge in [-0.2, -0.15) is 0 Å². The van der Waals surface area contributed by atoms with Crippen molar-refractivity contribution in [1.29, 1.82) is 0 Å². The molecule has 0 saturated heterocycles. The van der Waals surface area contributed by atoms with Crippen molar-refractivity contribution < 1.29 is 19.4 Å². The van der Waals surface area contributed by atoms with E-state index in [0.29, 0.717) is 17.4 Å². The molecule has 0 amide bonds. The minimum absolute atomic E-state index is 0.509. The fraction of sp³-hybridized carbons (Fsp3) is 0.381. The van der Waals surface area contributed by atoms with E-state index < -0.39 is 12.1 Å². The van der Waals surface area contributed by atoms with E-state index in [0.717, 1.165) is 5.75 Å². The van der Waals surface area contributed by atoms with Crippen LogP contribution in [0.5, 0.6) is 17.2 Å². The van der Waals surface area contributed by atoms with E-state index >= 15 is 0 Å². The van der Waals surface area contributed by atoms with Crippen molar-refractivity contribution in [2.45, 2.75) is 51.0 Å². The van der Waals surface area contributed by atoms with Gasteiger partial charge in [-0.25, -0.2) is 4.79 Å². The van der Waals surface area contributed by atoms with Crippen LogP contribution in [-0.4, -0.2) is 17.2 Å². The van der Waals surface area contributed by atoms with Gasteiger partial charge in [-0.3, -0.25) is 0 Å². The number of rotatable bonds is 6. The molecule has 1 unspecified atom stereocenters. The summed E-state index contributed by atoms with van der Waals surface area (Å²) in [6.07, 6.45) is 5.73. The molecule has 25 heavy (non-hydrogen) atoms. The van der Waals surface area contributed by atoms with Crippen LogP contribution in [-0.2, 0) is 4.79 Å². The van der Waals surface area contributed by atoms with Gasteiger partial charge in [0.2, 0.25) is 0 Å². The first-order chi connectivity index (χ1) is 12.1. The van der Waals surface area contributed by atoms with Crippen molar-refractivity contribution in [1.82, 2.24) is 0 Å². The van der Waals surface area contributed by atoms with E-state index in [1.54, 1.807) is 24.3 Å². The topological polar surface area (TPSA) is 55.8 Å². The Morgan fingerprint density at radius 2 is 1.44 bits per heavy atom. The summed E-state index contributed by atoms with van der Waals surface area (Å²) in [6.45, 7) is 1.50. The highest BCUT2D eigenvalue weighted by atomic mass is 16.5. The van der Waals surface area contributed by atoms with Crippen LogP contribution >= 0.6 is 0 Å². The van der Waals surface area contributed by atoms with Gasteiger partial charge in [-0.1, -0.05) is 31.4 Å². The van der Waals surface area contributed by atoms with Crippen molar-refractivity contribution in [2.24, 2.45) is 0 Å². The van der Waals surface area contributed by atoms with E-state index in [9.17, 15) is 4.79 Å². The van der Waals surface area contributed by atoms with Crippen LogP contribution in [0.25, 0.3) is 0 Å². The molecule has 0 aliphatic heterocycles. The molecule has 1 aliphatic rings. The van der Waals surface area contributed by atoms with E-state index in [1.165, 1.54) is 44.6 Å². The molecule has 0 bridgehead atoms. The number of carbonyl (C=O) groups is 1. The highest BCUT2D eigenvalue weighted by molar-refractivity contribution is 5.72. The maximum Gasteiger partial charge on any atom is 0.344 e. The average Bonchev–Trinajstić information content (AvgIpc) is 2.64. The highest BCUT2D eigenvalue weighted by Crippen LogP contribution is 2.34. The molecule has 3 rings (SSSR count). The number of aliphatic carboxylic acids is 1. The Morgan fingerprint density at radius 3 is 2.00 bits per heavy atom. The molecule has 1 fully saturated rings. The van der Waals surface area contributed by atoms with Gasteiger partial charge in [0.15, 0.2) is 6.10 Å². The van der Waals surface area contributed by atoms with Gasteiger partial charge >= 0.3 is 5.97 Å². The maximum absolute atomic E-state index is 10.8. The lowest BCUT2D eigenvalue weighted by Crippen LogP contribution is -2.22. The first-order valence-electron chi connectivity index (χ1n) is 8.89. The molecule has 1 saturated carbocycles. The highest BCUT2D eigenvalue weighted by Gasteiger charge is 2.15. The standard InChI is InChI=1S/C21H24O4/c1-15(21(22)23)24-18-11-13-20(14-12-18)25-19-9-7-17(8-10-19)16-5-3-2-4-6-16/h7-16H,2-6H2,1H3,(H,22,23). The molecule has 1 N–H and O–H groups in total. The van der Waals surface area contributed by atoms with Gasteiger partial charge in [0.25, 0.3) is 0 Å². The molecule has 0 heterocycles. The monoisotopic (exact) mass is 340 g/mol. The predicted molar refractivity (Wildman–Crippen MR) is 96.5 cm³/mol. The Kier molecular flexibility index (Phi) is 5.59. The van der Waals surface area contributed by atoms with Crippen molar-refractivity contribution in [3.05, 3.63) is 54.1 Å². The van der Waals surface area contributed by atoms with Crippen LogP contribution in [0.4, 0.5) is 0 Å². The Hall–Kier alpha value is -2.49. The summed E-state index contributed by atoms with van der Waals surface area (Å²) in [5, 5.41) is 8.86. The van der Waals surface area contributed by atoms with Gasteiger partial charge in [-0.15, -0.1) is 0 Å². The lowest BCUT2D eigenvalue weighted by Gasteiger charge is -2.22. The quantitative estimate of drug-likeness (QED) is 0.767. The van der Waals surface area contributed by atoms with Gasteiger partial charge in [0.1, 0.15) is 17.2 Å². The van der Waals surface area contributed by atoms with Crippen molar-refractivity contribution in [3.63, 3.8) is 0 Å². The lowest BCUT2D eigenvalue weighted by molar-refractivity contribution is -0.144. The maximum atomic E-state index is 10.8. The number of ether oxygens (including phenoxy) is 2. The molecule has 4 nitrogen and oxygen atoms in total.